The molecule has 10 nitrogen and oxygen atoms in total. The molecule has 0 spiro atoms. The zero-order valence-electron chi connectivity index (χ0n) is 11.5. The molecule has 0 aromatic carbocycles. The van der Waals surface area contributed by atoms with E-state index in [9.17, 15) is 19.7 Å². The van der Waals surface area contributed by atoms with Gasteiger partial charge >= 0.3 is 11.8 Å². The second-order valence-corrected chi connectivity index (χ2v) is 5.99. The van der Waals surface area contributed by atoms with Crippen molar-refractivity contribution < 1.29 is 14.5 Å². The van der Waals surface area contributed by atoms with Crippen molar-refractivity contribution in [2.45, 2.75) is 37.4 Å². The van der Waals surface area contributed by atoms with E-state index in [0.717, 1.165) is 0 Å². The zero-order chi connectivity index (χ0) is 16.0. The summed E-state index contributed by atoms with van der Waals surface area (Å²) in [5.74, 6) is -1.92. The van der Waals surface area contributed by atoms with Crippen molar-refractivity contribution >= 4 is 24.0 Å². The van der Waals surface area contributed by atoms with E-state index >= 15 is 0 Å². The van der Waals surface area contributed by atoms with E-state index in [1.54, 1.807) is 6.92 Å². The molecule has 1 aliphatic heterocycles. The van der Waals surface area contributed by atoms with E-state index in [1.807, 2.05) is 0 Å². The molecule has 5 atom stereocenters. The normalized spacial score (nSPS) is 34.5. The van der Waals surface area contributed by atoms with Crippen LogP contribution in [0.25, 0.3) is 0 Å². The molecule has 1 aromatic heterocycles. The standard InChI is InChI=1S/C11H14N6O4S/c1-3-5(17(20)21)2-4-7(13-10(19)9(18)12-4)6(3)8-14-11(22)16-15-8/h3-7H,2H2,1H3,(H,12,18)(H,13,19)(H2,14,15,16,22). The Labute approximate surface area is 129 Å². The van der Waals surface area contributed by atoms with Gasteiger partial charge in [0.05, 0.1) is 12.1 Å². The smallest absolute Gasteiger partial charge is 0.309 e. The van der Waals surface area contributed by atoms with Gasteiger partial charge in [-0.2, -0.15) is 0 Å². The lowest BCUT2D eigenvalue weighted by atomic mass is 9.70. The molecule has 3 rings (SSSR count). The van der Waals surface area contributed by atoms with Crippen molar-refractivity contribution in [2.24, 2.45) is 5.92 Å². The van der Waals surface area contributed by atoms with Crippen molar-refractivity contribution in [1.82, 2.24) is 25.8 Å². The fraction of sp³-hybridized carbons (Fsp3) is 0.636. The van der Waals surface area contributed by atoms with Crippen LogP contribution in [0.1, 0.15) is 25.1 Å². The summed E-state index contributed by atoms with van der Waals surface area (Å²) >= 11 is 4.92. The molecular formula is C11H14N6O4S. The maximum Gasteiger partial charge on any atom is 0.309 e. The summed E-state index contributed by atoms with van der Waals surface area (Å²) in [6, 6.07) is -1.83. The van der Waals surface area contributed by atoms with Crippen LogP contribution >= 0.6 is 12.2 Å². The monoisotopic (exact) mass is 326 g/mol. The van der Waals surface area contributed by atoms with E-state index in [0.29, 0.717) is 5.82 Å². The van der Waals surface area contributed by atoms with Crippen LogP contribution in [0, 0.1) is 20.8 Å². The molecule has 2 aliphatic rings. The van der Waals surface area contributed by atoms with E-state index < -0.39 is 35.9 Å². The first-order chi connectivity index (χ1) is 10.4. The van der Waals surface area contributed by atoms with Crippen LogP contribution in [0.15, 0.2) is 0 Å². The number of fused-ring (bicyclic) bond motifs is 1. The fourth-order valence-electron chi connectivity index (χ4n) is 3.37. The average Bonchev–Trinajstić information content (AvgIpc) is 2.86. The number of amides is 2. The molecule has 2 heterocycles. The molecule has 22 heavy (non-hydrogen) atoms. The van der Waals surface area contributed by atoms with Crippen molar-refractivity contribution in [3.05, 3.63) is 20.7 Å². The molecule has 1 aliphatic carbocycles. The van der Waals surface area contributed by atoms with Crippen LogP contribution in [0.2, 0.25) is 0 Å². The number of H-pyrrole nitrogens is 2. The number of nitro groups is 1. The van der Waals surface area contributed by atoms with Crippen LogP contribution in [-0.2, 0) is 9.59 Å². The molecule has 118 valence electrons. The predicted octanol–water partition coefficient (Wildman–Crippen LogP) is -0.781. The van der Waals surface area contributed by atoms with Gasteiger partial charge in [0, 0.05) is 23.2 Å². The molecule has 5 unspecified atom stereocenters. The lowest BCUT2D eigenvalue weighted by molar-refractivity contribution is -0.536. The van der Waals surface area contributed by atoms with Gasteiger partial charge in [-0.05, 0) is 12.2 Å². The summed E-state index contributed by atoms with van der Waals surface area (Å²) in [5.41, 5.74) is 0. The van der Waals surface area contributed by atoms with Crippen LogP contribution in [0.4, 0.5) is 0 Å². The highest BCUT2D eigenvalue weighted by atomic mass is 32.1. The topological polar surface area (TPSA) is 146 Å². The highest BCUT2D eigenvalue weighted by Gasteiger charge is 2.52. The zero-order valence-corrected chi connectivity index (χ0v) is 12.3. The highest BCUT2D eigenvalue weighted by molar-refractivity contribution is 7.71. The minimum atomic E-state index is -0.847. The maximum atomic E-state index is 11.6. The lowest BCUT2D eigenvalue weighted by Gasteiger charge is -2.44. The third-order valence-electron chi connectivity index (χ3n) is 4.42. The van der Waals surface area contributed by atoms with E-state index in [2.05, 4.69) is 25.8 Å². The minimum absolute atomic E-state index is 0.159. The number of nitrogens with zero attached hydrogens (tertiary/aromatic N) is 2. The quantitative estimate of drug-likeness (QED) is 0.243. The van der Waals surface area contributed by atoms with Gasteiger partial charge in [0.2, 0.25) is 10.8 Å². The van der Waals surface area contributed by atoms with Crippen LogP contribution in [0.3, 0.4) is 0 Å². The lowest BCUT2D eigenvalue weighted by Crippen LogP contribution is -2.68. The van der Waals surface area contributed by atoms with Crippen molar-refractivity contribution in [3.8, 4) is 0 Å². The second-order valence-electron chi connectivity index (χ2n) is 5.60. The average molecular weight is 326 g/mol. The molecule has 2 amide bonds. The summed E-state index contributed by atoms with van der Waals surface area (Å²) in [6.07, 6.45) is 0.159. The Balaban J connectivity index is 2.01. The number of aromatic nitrogens is 3. The number of carbonyl (C=O) groups excluding carboxylic acids is 2. The van der Waals surface area contributed by atoms with Crippen LogP contribution < -0.4 is 10.6 Å². The predicted molar refractivity (Wildman–Crippen MR) is 74.9 cm³/mol. The van der Waals surface area contributed by atoms with E-state index in [4.69, 9.17) is 12.2 Å². The summed E-state index contributed by atoms with van der Waals surface area (Å²) in [5, 5.41) is 21.9. The van der Waals surface area contributed by atoms with Crippen LogP contribution in [0.5, 0.6) is 0 Å². The summed E-state index contributed by atoms with van der Waals surface area (Å²) in [6.45, 7) is 1.74. The summed E-state index contributed by atoms with van der Waals surface area (Å²) in [4.78, 5) is 38.2. The number of nitrogens with one attached hydrogen (secondary N) is 4. The SMILES string of the molecule is CC1C(c2nc(=S)[nH][nH]2)C2NC(=O)C(=O)NC2CC1[N+](=O)[O-]. The van der Waals surface area contributed by atoms with Gasteiger partial charge in [-0.15, -0.1) is 0 Å². The highest BCUT2D eigenvalue weighted by Crippen LogP contribution is 2.38. The van der Waals surface area contributed by atoms with E-state index in [1.165, 1.54) is 0 Å². The third-order valence-corrected chi connectivity index (χ3v) is 4.61. The van der Waals surface area contributed by atoms with Gasteiger partial charge in [0.1, 0.15) is 5.82 Å². The van der Waals surface area contributed by atoms with Crippen molar-refractivity contribution in [1.29, 1.82) is 0 Å². The summed E-state index contributed by atoms with van der Waals surface area (Å²) < 4.78 is 0.230. The minimum Gasteiger partial charge on any atom is -0.343 e. The van der Waals surface area contributed by atoms with Gasteiger partial charge in [-0.1, -0.05) is 6.92 Å². The number of rotatable bonds is 2. The first-order valence-electron chi connectivity index (χ1n) is 6.78. The molecule has 0 bridgehead atoms. The number of carbonyl (C=O) groups is 2. The molecule has 2 fully saturated rings. The Morgan fingerprint density at radius 2 is 1.95 bits per heavy atom. The second kappa shape index (κ2) is 5.16. The molecule has 1 saturated carbocycles. The number of hydrogen-bond acceptors (Lipinski definition) is 6. The van der Waals surface area contributed by atoms with Crippen molar-refractivity contribution in [2.75, 3.05) is 0 Å². The first kappa shape index (κ1) is 14.6. The Morgan fingerprint density at radius 3 is 2.55 bits per heavy atom. The van der Waals surface area contributed by atoms with Gasteiger partial charge in [-0.3, -0.25) is 29.9 Å². The Bertz CT molecular complexity index is 699. The van der Waals surface area contributed by atoms with Gasteiger partial charge < -0.3 is 10.6 Å². The molecule has 1 aromatic rings. The largest absolute Gasteiger partial charge is 0.343 e. The molecule has 11 heteroatoms. The van der Waals surface area contributed by atoms with Crippen LogP contribution in [-0.4, -0.2) is 50.0 Å². The Hall–Kier alpha value is -2.30. The first-order valence-corrected chi connectivity index (χ1v) is 7.18. The third kappa shape index (κ3) is 2.26. The van der Waals surface area contributed by atoms with Crippen molar-refractivity contribution in [3.63, 3.8) is 0 Å². The van der Waals surface area contributed by atoms with Gasteiger partial charge in [0.15, 0.2) is 0 Å². The molecular weight excluding hydrogens is 312 g/mol. The number of hydrogen-bond donors (Lipinski definition) is 4. The fourth-order valence-corrected chi connectivity index (χ4v) is 3.52. The van der Waals surface area contributed by atoms with Gasteiger partial charge in [-0.25, -0.2) is 4.98 Å². The number of aromatic amines is 2. The Morgan fingerprint density at radius 1 is 1.27 bits per heavy atom. The molecule has 1 saturated heterocycles. The number of piperazine rings is 1. The summed E-state index contributed by atoms with van der Waals surface area (Å²) in [7, 11) is 0. The molecule has 4 N–H and O–H groups in total. The Kier molecular flexibility index (Phi) is 3.43. The maximum absolute atomic E-state index is 11.6. The molecule has 0 radical (unpaired) electrons. The van der Waals surface area contributed by atoms with Gasteiger partial charge in [0.25, 0.3) is 0 Å². The van der Waals surface area contributed by atoms with E-state index in [-0.39, 0.29) is 22.0 Å².